The molecule has 130 valence electrons. The van der Waals surface area contributed by atoms with Gasteiger partial charge >= 0.3 is 0 Å². The Hall–Kier alpha value is -0.850. The van der Waals surface area contributed by atoms with Crippen molar-refractivity contribution in [1.82, 2.24) is 15.5 Å². The van der Waals surface area contributed by atoms with E-state index in [1.807, 2.05) is 11.8 Å². The van der Waals surface area contributed by atoms with E-state index in [2.05, 4.69) is 10.6 Å². The summed E-state index contributed by atoms with van der Waals surface area (Å²) in [4.78, 5) is 25.5. The number of piperidine rings is 1. The molecule has 0 radical (unpaired) electrons. The molecule has 1 atom stereocenters. The maximum Gasteiger partial charge on any atom is 0.236 e. The maximum absolute atomic E-state index is 12.1. The molecule has 0 bridgehead atoms. The van der Waals surface area contributed by atoms with E-state index >= 15 is 0 Å². The smallest absolute Gasteiger partial charge is 0.236 e. The van der Waals surface area contributed by atoms with E-state index in [0.717, 1.165) is 32.4 Å². The van der Waals surface area contributed by atoms with Crippen molar-refractivity contribution >= 4 is 24.2 Å². The Morgan fingerprint density at radius 1 is 1.36 bits per heavy atom. The number of rotatable bonds is 9. The van der Waals surface area contributed by atoms with Gasteiger partial charge in [-0.1, -0.05) is 6.92 Å². The second-order valence-electron chi connectivity index (χ2n) is 5.57. The Bertz CT molecular complexity index is 329. The van der Waals surface area contributed by atoms with Gasteiger partial charge in [0.15, 0.2) is 0 Å². The van der Waals surface area contributed by atoms with Crippen molar-refractivity contribution in [3.05, 3.63) is 0 Å². The summed E-state index contributed by atoms with van der Waals surface area (Å²) in [5.41, 5.74) is 0. The molecule has 1 unspecified atom stereocenters. The molecule has 22 heavy (non-hydrogen) atoms. The molecule has 2 N–H and O–H groups in total. The van der Waals surface area contributed by atoms with Crippen LogP contribution in [-0.2, 0) is 14.3 Å². The Kier molecular flexibility index (Phi) is 12.2. The van der Waals surface area contributed by atoms with Crippen LogP contribution >= 0.6 is 12.4 Å². The highest BCUT2D eigenvalue weighted by atomic mass is 35.5. The third-order valence-electron chi connectivity index (χ3n) is 3.70. The first-order chi connectivity index (χ1) is 10.2. The van der Waals surface area contributed by atoms with E-state index < -0.39 is 0 Å². The molecule has 0 aromatic rings. The molecule has 1 saturated heterocycles. The van der Waals surface area contributed by atoms with Gasteiger partial charge in [-0.05, 0) is 25.2 Å². The number of amides is 2. The standard InChI is InChI=1S/C15H29N3O3.ClH/c1-3-5-14(19)17-10-13-6-4-8-18(12-13)15(20)11-16-7-9-21-2;/h13,16H,3-12H2,1-2H3,(H,17,19);1H. The van der Waals surface area contributed by atoms with Gasteiger partial charge in [-0.25, -0.2) is 0 Å². The lowest BCUT2D eigenvalue weighted by Gasteiger charge is -2.33. The second-order valence-corrected chi connectivity index (χ2v) is 5.57. The van der Waals surface area contributed by atoms with E-state index in [9.17, 15) is 9.59 Å². The van der Waals surface area contributed by atoms with Gasteiger partial charge in [-0.3, -0.25) is 9.59 Å². The quantitative estimate of drug-likeness (QED) is 0.611. The predicted octanol–water partition coefficient (Wildman–Crippen LogP) is 0.799. The summed E-state index contributed by atoms with van der Waals surface area (Å²) in [7, 11) is 1.64. The van der Waals surface area contributed by atoms with Crippen molar-refractivity contribution < 1.29 is 14.3 Å². The summed E-state index contributed by atoms with van der Waals surface area (Å²) >= 11 is 0. The van der Waals surface area contributed by atoms with Gasteiger partial charge in [-0.2, -0.15) is 0 Å². The van der Waals surface area contributed by atoms with Crippen LogP contribution in [0.25, 0.3) is 0 Å². The highest BCUT2D eigenvalue weighted by Crippen LogP contribution is 2.15. The summed E-state index contributed by atoms with van der Waals surface area (Å²) < 4.78 is 4.93. The van der Waals surface area contributed by atoms with Crippen molar-refractivity contribution in [2.45, 2.75) is 32.6 Å². The number of ether oxygens (including phenoxy) is 1. The first-order valence-corrected chi connectivity index (χ1v) is 7.91. The minimum Gasteiger partial charge on any atom is -0.383 e. The minimum atomic E-state index is 0. The van der Waals surface area contributed by atoms with E-state index in [1.165, 1.54) is 0 Å². The lowest BCUT2D eigenvalue weighted by molar-refractivity contribution is -0.132. The van der Waals surface area contributed by atoms with Crippen LogP contribution in [-0.4, -0.2) is 63.2 Å². The van der Waals surface area contributed by atoms with E-state index in [-0.39, 0.29) is 24.2 Å². The Balaban J connectivity index is 0.00000441. The van der Waals surface area contributed by atoms with Gasteiger partial charge in [0.25, 0.3) is 0 Å². The molecule has 1 rings (SSSR count). The average Bonchev–Trinajstić information content (AvgIpc) is 2.50. The second kappa shape index (κ2) is 12.7. The lowest BCUT2D eigenvalue weighted by Crippen LogP contribution is -2.46. The van der Waals surface area contributed by atoms with Gasteiger partial charge in [-0.15, -0.1) is 12.4 Å². The summed E-state index contributed by atoms with van der Waals surface area (Å²) in [6, 6.07) is 0. The van der Waals surface area contributed by atoms with E-state index in [4.69, 9.17) is 4.74 Å². The molecule has 1 heterocycles. The summed E-state index contributed by atoms with van der Waals surface area (Å²) in [5, 5.41) is 6.04. The Morgan fingerprint density at radius 2 is 2.14 bits per heavy atom. The van der Waals surface area contributed by atoms with Gasteiger partial charge in [0.05, 0.1) is 13.2 Å². The first-order valence-electron chi connectivity index (χ1n) is 7.91. The van der Waals surface area contributed by atoms with Crippen molar-refractivity contribution in [2.24, 2.45) is 5.92 Å². The van der Waals surface area contributed by atoms with Gasteiger partial charge < -0.3 is 20.3 Å². The highest BCUT2D eigenvalue weighted by Gasteiger charge is 2.23. The van der Waals surface area contributed by atoms with Crippen molar-refractivity contribution in [3.63, 3.8) is 0 Å². The Morgan fingerprint density at radius 3 is 2.82 bits per heavy atom. The number of hydrogen-bond donors (Lipinski definition) is 2. The number of hydrogen-bond acceptors (Lipinski definition) is 4. The molecule has 6 nitrogen and oxygen atoms in total. The predicted molar refractivity (Wildman–Crippen MR) is 89.2 cm³/mol. The number of likely N-dealkylation sites (tertiary alicyclic amines) is 1. The van der Waals surface area contributed by atoms with Crippen molar-refractivity contribution in [3.8, 4) is 0 Å². The minimum absolute atomic E-state index is 0. The largest absolute Gasteiger partial charge is 0.383 e. The van der Waals surface area contributed by atoms with Crippen LogP contribution < -0.4 is 10.6 Å². The summed E-state index contributed by atoms with van der Waals surface area (Å²) in [6.45, 7) is 5.91. The maximum atomic E-state index is 12.1. The molecule has 0 aliphatic carbocycles. The first kappa shape index (κ1) is 21.1. The van der Waals surface area contributed by atoms with E-state index in [1.54, 1.807) is 7.11 Å². The van der Waals surface area contributed by atoms with Crippen LogP contribution in [0.1, 0.15) is 32.6 Å². The van der Waals surface area contributed by atoms with Crippen LogP contribution in [0, 0.1) is 5.92 Å². The number of carbonyl (C=O) groups excluding carboxylic acids is 2. The molecule has 0 aromatic carbocycles. The monoisotopic (exact) mass is 335 g/mol. The molecule has 7 heteroatoms. The third-order valence-corrected chi connectivity index (χ3v) is 3.70. The molecule has 0 aromatic heterocycles. The molecule has 2 amide bonds. The van der Waals surface area contributed by atoms with Crippen molar-refractivity contribution in [2.75, 3.05) is 46.4 Å². The number of nitrogens with zero attached hydrogens (tertiary/aromatic N) is 1. The van der Waals surface area contributed by atoms with Crippen LogP contribution in [0.2, 0.25) is 0 Å². The molecular formula is C15H30ClN3O3. The summed E-state index contributed by atoms with van der Waals surface area (Å²) in [6.07, 6.45) is 3.54. The van der Waals surface area contributed by atoms with Gasteiger partial charge in [0.2, 0.25) is 11.8 Å². The fourth-order valence-corrected chi connectivity index (χ4v) is 2.51. The number of carbonyl (C=O) groups is 2. The SMILES string of the molecule is CCCC(=O)NCC1CCCN(C(=O)CNCCOC)C1.Cl. The fraction of sp³-hybridized carbons (Fsp3) is 0.867. The Labute approximate surface area is 139 Å². The highest BCUT2D eigenvalue weighted by molar-refractivity contribution is 5.85. The number of halogens is 1. The van der Waals surface area contributed by atoms with Gasteiger partial charge in [0, 0.05) is 39.7 Å². The number of nitrogens with one attached hydrogen (secondary N) is 2. The summed E-state index contributed by atoms with van der Waals surface area (Å²) in [5.74, 6) is 0.625. The topological polar surface area (TPSA) is 70.7 Å². The van der Waals surface area contributed by atoms with Crippen molar-refractivity contribution in [1.29, 1.82) is 0 Å². The molecule has 0 spiro atoms. The lowest BCUT2D eigenvalue weighted by atomic mass is 9.98. The molecule has 0 saturated carbocycles. The molecule has 1 aliphatic heterocycles. The van der Waals surface area contributed by atoms with Crippen LogP contribution in [0.4, 0.5) is 0 Å². The number of methoxy groups -OCH3 is 1. The molecular weight excluding hydrogens is 306 g/mol. The zero-order valence-corrected chi connectivity index (χ0v) is 14.5. The zero-order chi connectivity index (χ0) is 15.5. The normalized spacial score (nSPS) is 17.7. The molecule has 1 aliphatic rings. The van der Waals surface area contributed by atoms with Crippen LogP contribution in [0.15, 0.2) is 0 Å². The fourth-order valence-electron chi connectivity index (χ4n) is 2.51. The van der Waals surface area contributed by atoms with Crippen LogP contribution in [0.3, 0.4) is 0 Å². The van der Waals surface area contributed by atoms with Crippen LogP contribution in [0.5, 0.6) is 0 Å². The van der Waals surface area contributed by atoms with E-state index in [0.29, 0.717) is 38.6 Å². The third kappa shape index (κ3) is 8.56. The zero-order valence-electron chi connectivity index (χ0n) is 13.7. The molecule has 1 fully saturated rings. The van der Waals surface area contributed by atoms with Gasteiger partial charge in [0.1, 0.15) is 0 Å². The average molecular weight is 336 g/mol.